The highest BCUT2D eigenvalue weighted by atomic mass is 35.5. The Hall–Kier alpha value is -0.930. The van der Waals surface area contributed by atoms with Crippen molar-refractivity contribution < 1.29 is 9.47 Å². The molecule has 0 aromatic heterocycles. The van der Waals surface area contributed by atoms with Gasteiger partial charge in [-0.25, -0.2) is 0 Å². The maximum atomic E-state index is 6.25. The molecule has 16 heavy (non-hydrogen) atoms. The van der Waals surface area contributed by atoms with E-state index in [0.29, 0.717) is 24.8 Å². The van der Waals surface area contributed by atoms with Crippen LogP contribution in [0.1, 0.15) is 24.0 Å². The van der Waals surface area contributed by atoms with Gasteiger partial charge in [0.05, 0.1) is 0 Å². The van der Waals surface area contributed by atoms with Gasteiger partial charge in [0.1, 0.15) is 13.2 Å². The molecule has 1 unspecified atom stereocenters. The van der Waals surface area contributed by atoms with Crippen molar-refractivity contribution in [2.24, 2.45) is 5.73 Å². The van der Waals surface area contributed by atoms with Crippen molar-refractivity contribution in [1.82, 2.24) is 0 Å². The summed E-state index contributed by atoms with van der Waals surface area (Å²) in [6.45, 7) is 5.80. The summed E-state index contributed by atoms with van der Waals surface area (Å²) in [5, 5.41) is 0.708. The zero-order chi connectivity index (χ0) is 11.7. The Morgan fingerprint density at radius 2 is 2.12 bits per heavy atom. The van der Waals surface area contributed by atoms with Crippen LogP contribution in [0.5, 0.6) is 11.5 Å². The van der Waals surface area contributed by atoms with Crippen molar-refractivity contribution in [3.05, 3.63) is 22.2 Å². The van der Waals surface area contributed by atoms with E-state index in [0.717, 1.165) is 22.6 Å². The van der Waals surface area contributed by atoms with Crippen molar-refractivity contribution in [2.45, 2.75) is 19.8 Å². The molecule has 0 aliphatic carbocycles. The monoisotopic (exact) mass is 241 g/mol. The van der Waals surface area contributed by atoms with Gasteiger partial charge in [0.2, 0.25) is 0 Å². The van der Waals surface area contributed by atoms with Crippen LogP contribution in [0.2, 0.25) is 5.02 Å². The smallest absolute Gasteiger partial charge is 0.164 e. The minimum atomic E-state index is 0.225. The lowest BCUT2D eigenvalue weighted by atomic mass is 9.95. The Morgan fingerprint density at radius 1 is 1.44 bits per heavy atom. The second-order valence-corrected chi connectivity index (χ2v) is 4.47. The zero-order valence-corrected chi connectivity index (χ0v) is 10.3. The number of benzene rings is 1. The van der Waals surface area contributed by atoms with Crippen LogP contribution in [0.3, 0.4) is 0 Å². The molecular formula is C12H16ClNO2. The fraction of sp³-hybridized carbons (Fsp3) is 0.500. The van der Waals surface area contributed by atoms with E-state index in [1.54, 1.807) is 0 Å². The van der Waals surface area contributed by atoms with Gasteiger partial charge in [0.25, 0.3) is 0 Å². The van der Waals surface area contributed by atoms with Crippen molar-refractivity contribution in [1.29, 1.82) is 0 Å². The maximum absolute atomic E-state index is 6.25. The molecule has 0 saturated carbocycles. The number of nitrogens with two attached hydrogens (primary N) is 1. The number of halogens is 1. The van der Waals surface area contributed by atoms with Gasteiger partial charge in [-0.3, -0.25) is 0 Å². The van der Waals surface area contributed by atoms with Crippen LogP contribution in [-0.2, 0) is 0 Å². The SMILES string of the molecule is Cc1c2c(cc(Cl)c1C(C)CN)OCCO2. The second-order valence-electron chi connectivity index (χ2n) is 4.06. The average Bonchev–Trinajstić information content (AvgIpc) is 2.28. The van der Waals surface area contributed by atoms with E-state index < -0.39 is 0 Å². The maximum Gasteiger partial charge on any atom is 0.164 e. The summed E-state index contributed by atoms with van der Waals surface area (Å²) in [4.78, 5) is 0. The van der Waals surface area contributed by atoms with E-state index >= 15 is 0 Å². The average molecular weight is 242 g/mol. The molecule has 0 fully saturated rings. The Morgan fingerprint density at radius 3 is 2.81 bits per heavy atom. The summed E-state index contributed by atoms with van der Waals surface area (Å²) in [5.41, 5.74) is 7.79. The van der Waals surface area contributed by atoms with E-state index in [-0.39, 0.29) is 5.92 Å². The van der Waals surface area contributed by atoms with E-state index in [1.165, 1.54) is 0 Å². The van der Waals surface area contributed by atoms with E-state index in [4.69, 9.17) is 26.8 Å². The van der Waals surface area contributed by atoms with Gasteiger partial charge in [-0.2, -0.15) is 0 Å². The van der Waals surface area contributed by atoms with Crippen LogP contribution >= 0.6 is 11.6 Å². The summed E-state index contributed by atoms with van der Waals surface area (Å²) < 4.78 is 11.1. The molecule has 1 aromatic carbocycles. The number of ether oxygens (including phenoxy) is 2. The molecule has 1 atom stereocenters. The van der Waals surface area contributed by atoms with Gasteiger partial charge in [0, 0.05) is 11.1 Å². The lowest BCUT2D eigenvalue weighted by molar-refractivity contribution is 0.170. The van der Waals surface area contributed by atoms with E-state index in [1.807, 2.05) is 13.0 Å². The molecule has 88 valence electrons. The highest BCUT2D eigenvalue weighted by Gasteiger charge is 2.21. The van der Waals surface area contributed by atoms with Crippen LogP contribution in [0, 0.1) is 6.92 Å². The fourth-order valence-corrected chi connectivity index (χ4v) is 2.48. The zero-order valence-electron chi connectivity index (χ0n) is 9.55. The third-order valence-corrected chi connectivity index (χ3v) is 3.23. The third-order valence-electron chi connectivity index (χ3n) is 2.92. The van der Waals surface area contributed by atoms with Gasteiger partial charge < -0.3 is 15.2 Å². The molecule has 2 N–H and O–H groups in total. The summed E-state index contributed by atoms with van der Waals surface area (Å²) in [6, 6.07) is 1.82. The van der Waals surface area contributed by atoms with Crippen LogP contribution in [0.4, 0.5) is 0 Å². The highest BCUT2D eigenvalue weighted by molar-refractivity contribution is 6.31. The van der Waals surface area contributed by atoms with Crippen LogP contribution in [0.15, 0.2) is 6.07 Å². The molecule has 0 spiro atoms. The largest absolute Gasteiger partial charge is 0.486 e. The van der Waals surface area contributed by atoms with Gasteiger partial charge in [-0.15, -0.1) is 0 Å². The molecule has 1 aliphatic heterocycles. The molecule has 1 aliphatic rings. The van der Waals surface area contributed by atoms with Crippen LogP contribution < -0.4 is 15.2 Å². The van der Waals surface area contributed by atoms with Crippen LogP contribution in [0.25, 0.3) is 0 Å². The highest BCUT2D eigenvalue weighted by Crippen LogP contribution is 2.41. The molecule has 1 heterocycles. The van der Waals surface area contributed by atoms with E-state index in [9.17, 15) is 0 Å². The first kappa shape index (κ1) is 11.6. The summed E-state index contributed by atoms with van der Waals surface area (Å²) >= 11 is 6.25. The van der Waals surface area contributed by atoms with Crippen LogP contribution in [-0.4, -0.2) is 19.8 Å². The molecule has 2 rings (SSSR count). The molecule has 0 amide bonds. The quantitative estimate of drug-likeness (QED) is 0.865. The Kier molecular flexibility index (Phi) is 3.26. The summed E-state index contributed by atoms with van der Waals surface area (Å²) in [6.07, 6.45) is 0. The third kappa shape index (κ3) is 1.85. The number of rotatable bonds is 2. The first-order valence-electron chi connectivity index (χ1n) is 5.43. The van der Waals surface area contributed by atoms with Gasteiger partial charge in [-0.05, 0) is 30.5 Å². The number of hydrogen-bond acceptors (Lipinski definition) is 3. The molecule has 3 nitrogen and oxygen atoms in total. The normalized spacial score (nSPS) is 16.0. The van der Waals surface area contributed by atoms with Gasteiger partial charge in [0.15, 0.2) is 11.5 Å². The second kappa shape index (κ2) is 4.52. The molecule has 0 bridgehead atoms. The predicted octanol–water partition coefficient (Wildman–Crippen LogP) is 2.48. The molecule has 4 heteroatoms. The van der Waals surface area contributed by atoms with Crippen molar-refractivity contribution in [3.63, 3.8) is 0 Å². The summed E-state index contributed by atoms with van der Waals surface area (Å²) in [7, 11) is 0. The topological polar surface area (TPSA) is 44.5 Å². The summed E-state index contributed by atoms with van der Waals surface area (Å²) in [5.74, 6) is 1.77. The van der Waals surface area contributed by atoms with Gasteiger partial charge in [-0.1, -0.05) is 18.5 Å². The van der Waals surface area contributed by atoms with E-state index in [2.05, 4.69) is 6.92 Å². The van der Waals surface area contributed by atoms with Crippen molar-refractivity contribution in [2.75, 3.05) is 19.8 Å². The van der Waals surface area contributed by atoms with Crippen molar-refractivity contribution >= 4 is 11.6 Å². The minimum Gasteiger partial charge on any atom is -0.486 e. The lowest BCUT2D eigenvalue weighted by Crippen LogP contribution is -2.18. The number of fused-ring (bicyclic) bond motifs is 1. The first-order valence-corrected chi connectivity index (χ1v) is 5.81. The fourth-order valence-electron chi connectivity index (χ4n) is 2.05. The Bertz CT molecular complexity index is 406. The number of hydrogen-bond donors (Lipinski definition) is 1. The first-order chi connectivity index (χ1) is 7.65. The minimum absolute atomic E-state index is 0.225. The molecule has 1 aromatic rings. The lowest BCUT2D eigenvalue weighted by Gasteiger charge is -2.24. The Balaban J connectivity index is 2.54. The van der Waals surface area contributed by atoms with Gasteiger partial charge >= 0.3 is 0 Å². The molecular weight excluding hydrogens is 226 g/mol. The van der Waals surface area contributed by atoms with Crippen molar-refractivity contribution in [3.8, 4) is 11.5 Å². The predicted molar refractivity (Wildman–Crippen MR) is 64.6 cm³/mol. The Labute approximate surface area is 100 Å². The molecule has 0 saturated heterocycles. The standard InChI is InChI=1S/C12H16ClNO2/c1-7(6-14)11-8(2)12-10(5-9(11)13)15-3-4-16-12/h5,7H,3-4,6,14H2,1-2H3. The molecule has 0 radical (unpaired) electrons.